The van der Waals surface area contributed by atoms with Crippen LogP contribution in [0.5, 0.6) is 0 Å². The molecule has 0 bridgehead atoms. The largest absolute Gasteiger partial charge is 0.384 e. The Balaban J connectivity index is 2.32. The molecule has 0 radical (unpaired) electrons. The number of aromatic nitrogens is 1. The van der Waals surface area contributed by atoms with Crippen LogP contribution < -0.4 is 11.1 Å². The number of nitrogens with one attached hydrogen (secondary N) is 1. The van der Waals surface area contributed by atoms with E-state index in [0.29, 0.717) is 22.1 Å². The molecular formula is C12H9ClN4. The van der Waals surface area contributed by atoms with Gasteiger partial charge in [0.25, 0.3) is 0 Å². The topological polar surface area (TPSA) is 74.7 Å². The third kappa shape index (κ3) is 2.65. The van der Waals surface area contributed by atoms with Crippen molar-refractivity contribution in [1.82, 2.24) is 4.98 Å². The lowest BCUT2D eigenvalue weighted by molar-refractivity contribution is 1.33. The van der Waals surface area contributed by atoms with Gasteiger partial charge in [-0.1, -0.05) is 11.6 Å². The number of anilines is 3. The van der Waals surface area contributed by atoms with Crippen molar-refractivity contribution < 1.29 is 0 Å². The SMILES string of the molecule is N#Cc1ccc(Cl)cc1Nc1ccc(N)nc1. The fourth-order valence-electron chi connectivity index (χ4n) is 1.35. The zero-order valence-electron chi connectivity index (χ0n) is 8.81. The van der Waals surface area contributed by atoms with Gasteiger partial charge in [0.15, 0.2) is 0 Å². The lowest BCUT2D eigenvalue weighted by atomic mass is 10.2. The van der Waals surface area contributed by atoms with Gasteiger partial charge in [0.05, 0.1) is 23.1 Å². The Kier molecular flexibility index (Phi) is 3.12. The Morgan fingerprint density at radius 1 is 1.29 bits per heavy atom. The predicted octanol–water partition coefficient (Wildman–Crippen LogP) is 2.93. The number of hydrogen-bond acceptors (Lipinski definition) is 4. The first-order valence-corrected chi connectivity index (χ1v) is 5.25. The van der Waals surface area contributed by atoms with Crippen LogP contribution in [-0.4, -0.2) is 4.98 Å². The Bertz CT molecular complexity index is 572. The van der Waals surface area contributed by atoms with Crippen molar-refractivity contribution in [2.45, 2.75) is 0 Å². The minimum Gasteiger partial charge on any atom is -0.384 e. The van der Waals surface area contributed by atoms with Gasteiger partial charge in [0.1, 0.15) is 11.9 Å². The highest BCUT2D eigenvalue weighted by Gasteiger charge is 2.03. The molecule has 0 aliphatic carbocycles. The van der Waals surface area contributed by atoms with Crippen LogP contribution in [0.1, 0.15) is 5.56 Å². The second kappa shape index (κ2) is 4.73. The molecule has 2 rings (SSSR count). The number of rotatable bonds is 2. The molecule has 84 valence electrons. The summed E-state index contributed by atoms with van der Waals surface area (Å²) in [6.07, 6.45) is 1.59. The molecule has 1 aromatic heterocycles. The van der Waals surface area contributed by atoms with Gasteiger partial charge in [0, 0.05) is 5.02 Å². The van der Waals surface area contributed by atoms with Crippen molar-refractivity contribution in [3.05, 3.63) is 47.1 Å². The van der Waals surface area contributed by atoms with Gasteiger partial charge < -0.3 is 11.1 Å². The number of nitrogens with zero attached hydrogens (tertiary/aromatic N) is 2. The summed E-state index contributed by atoms with van der Waals surface area (Å²) in [4.78, 5) is 3.95. The number of benzene rings is 1. The van der Waals surface area contributed by atoms with Crippen molar-refractivity contribution in [1.29, 1.82) is 5.26 Å². The van der Waals surface area contributed by atoms with Gasteiger partial charge in [-0.25, -0.2) is 4.98 Å². The maximum atomic E-state index is 8.96. The average molecular weight is 245 g/mol. The highest BCUT2D eigenvalue weighted by Crippen LogP contribution is 2.24. The maximum absolute atomic E-state index is 8.96. The second-order valence-corrected chi connectivity index (χ2v) is 3.83. The summed E-state index contributed by atoms with van der Waals surface area (Å²) in [5.41, 5.74) is 7.40. The standard InChI is InChI=1S/C12H9ClN4/c13-9-2-1-8(6-14)11(5-9)17-10-3-4-12(15)16-7-10/h1-5,7,17H,(H2,15,16). The number of nitriles is 1. The summed E-state index contributed by atoms with van der Waals surface area (Å²) < 4.78 is 0. The summed E-state index contributed by atoms with van der Waals surface area (Å²) in [7, 11) is 0. The van der Waals surface area contributed by atoms with Crippen LogP contribution in [-0.2, 0) is 0 Å². The van der Waals surface area contributed by atoms with Gasteiger partial charge in [-0.2, -0.15) is 5.26 Å². The molecule has 17 heavy (non-hydrogen) atoms. The van der Waals surface area contributed by atoms with Crippen LogP contribution >= 0.6 is 11.6 Å². The van der Waals surface area contributed by atoms with Crippen LogP contribution in [0.4, 0.5) is 17.2 Å². The predicted molar refractivity (Wildman–Crippen MR) is 68.1 cm³/mol. The van der Waals surface area contributed by atoms with Crippen molar-refractivity contribution in [3.63, 3.8) is 0 Å². The van der Waals surface area contributed by atoms with E-state index in [2.05, 4.69) is 16.4 Å². The maximum Gasteiger partial charge on any atom is 0.123 e. The number of halogens is 1. The van der Waals surface area contributed by atoms with Crippen molar-refractivity contribution >= 4 is 28.8 Å². The molecule has 0 fully saturated rings. The Morgan fingerprint density at radius 2 is 2.12 bits per heavy atom. The van der Waals surface area contributed by atoms with E-state index in [9.17, 15) is 0 Å². The lowest BCUT2D eigenvalue weighted by Gasteiger charge is -2.08. The molecule has 0 saturated carbocycles. The van der Waals surface area contributed by atoms with E-state index in [1.165, 1.54) is 0 Å². The van der Waals surface area contributed by atoms with Gasteiger partial charge in [-0.15, -0.1) is 0 Å². The molecule has 0 unspecified atom stereocenters. The fraction of sp³-hybridized carbons (Fsp3) is 0. The van der Waals surface area contributed by atoms with E-state index >= 15 is 0 Å². The normalized spacial score (nSPS) is 9.65. The lowest BCUT2D eigenvalue weighted by Crippen LogP contribution is -1.95. The van der Waals surface area contributed by atoms with Gasteiger partial charge in [-0.3, -0.25) is 0 Å². The van der Waals surface area contributed by atoms with Crippen LogP contribution in [0.15, 0.2) is 36.5 Å². The third-order valence-corrected chi connectivity index (χ3v) is 2.40. The minimum absolute atomic E-state index is 0.446. The van der Waals surface area contributed by atoms with E-state index in [-0.39, 0.29) is 0 Å². The molecule has 0 atom stereocenters. The summed E-state index contributed by atoms with van der Waals surface area (Å²) >= 11 is 5.88. The van der Waals surface area contributed by atoms with E-state index in [1.807, 2.05) is 0 Å². The zero-order chi connectivity index (χ0) is 12.3. The Labute approximate surface area is 104 Å². The highest BCUT2D eigenvalue weighted by atomic mass is 35.5. The molecule has 0 aliphatic heterocycles. The van der Waals surface area contributed by atoms with Gasteiger partial charge >= 0.3 is 0 Å². The molecule has 0 saturated heterocycles. The monoisotopic (exact) mass is 244 g/mol. The summed E-state index contributed by atoms with van der Waals surface area (Å²) in [5, 5.41) is 12.6. The first-order chi connectivity index (χ1) is 8.19. The smallest absolute Gasteiger partial charge is 0.123 e. The second-order valence-electron chi connectivity index (χ2n) is 3.40. The first-order valence-electron chi connectivity index (χ1n) is 4.87. The first kappa shape index (κ1) is 11.2. The van der Waals surface area contributed by atoms with Gasteiger partial charge in [0.2, 0.25) is 0 Å². The van der Waals surface area contributed by atoms with E-state index in [0.717, 1.165) is 5.69 Å². The Morgan fingerprint density at radius 3 is 2.76 bits per heavy atom. The van der Waals surface area contributed by atoms with E-state index in [4.69, 9.17) is 22.6 Å². The molecule has 0 amide bonds. The number of pyridine rings is 1. The molecule has 3 N–H and O–H groups in total. The van der Waals surface area contributed by atoms with Crippen molar-refractivity contribution in [2.24, 2.45) is 0 Å². The van der Waals surface area contributed by atoms with Crippen LogP contribution in [0.2, 0.25) is 5.02 Å². The summed E-state index contributed by atoms with van der Waals surface area (Å²) in [6, 6.07) is 10.6. The zero-order valence-corrected chi connectivity index (χ0v) is 9.57. The van der Waals surface area contributed by atoms with Crippen molar-refractivity contribution in [2.75, 3.05) is 11.1 Å². The van der Waals surface area contributed by atoms with E-state index in [1.54, 1.807) is 36.5 Å². The average Bonchev–Trinajstić information content (AvgIpc) is 2.32. The molecule has 0 spiro atoms. The molecule has 1 aromatic carbocycles. The van der Waals surface area contributed by atoms with Crippen LogP contribution in [0, 0.1) is 11.3 Å². The number of nitrogens with two attached hydrogens (primary N) is 1. The third-order valence-electron chi connectivity index (χ3n) is 2.17. The number of hydrogen-bond donors (Lipinski definition) is 2. The molecular weight excluding hydrogens is 236 g/mol. The fourth-order valence-corrected chi connectivity index (χ4v) is 1.52. The van der Waals surface area contributed by atoms with Crippen LogP contribution in [0.3, 0.4) is 0 Å². The molecule has 4 nitrogen and oxygen atoms in total. The summed E-state index contributed by atoms with van der Waals surface area (Å²) in [6.45, 7) is 0. The molecule has 1 heterocycles. The summed E-state index contributed by atoms with van der Waals surface area (Å²) in [5.74, 6) is 0.446. The molecule has 5 heteroatoms. The highest BCUT2D eigenvalue weighted by molar-refractivity contribution is 6.30. The van der Waals surface area contributed by atoms with Gasteiger partial charge in [-0.05, 0) is 30.3 Å². The van der Waals surface area contributed by atoms with E-state index < -0.39 is 0 Å². The molecule has 0 aliphatic rings. The number of nitrogen functional groups attached to an aromatic ring is 1. The van der Waals surface area contributed by atoms with Crippen molar-refractivity contribution in [3.8, 4) is 6.07 Å². The molecule has 2 aromatic rings. The quantitative estimate of drug-likeness (QED) is 0.852. The van der Waals surface area contributed by atoms with Crippen LogP contribution in [0.25, 0.3) is 0 Å². The minimum atomic E-state index is 0.446. The Hall–Kier alpha value is -2.25.